The molecule has 7 heteroatoms. The number of rotatable bonds is 5. The van der Waals surface area contributed by atoms with Crippen LogP contribution >= 0.6 is 11.3 Å². The summed E-state index contributed by atoms with van der Waals surface area (Å²) in [6.45, 7) is 2.99. The average Bonchev–Trinajstić information content (AvgIpc) is 3.26. The van der Waals surface area contributed by atoms with E-state index in [0.29, 0.717) is 5.89 Å². The Morgan fingerprint density at radius 2 is 2.57 bits per heavy atom. The summed E-state index contributed by atoms with van der Waals surface area (Å²) in [7, 11) is 0. The van der Waals surface area contributed by atoms with Crippen LogP contribution in [-0.2, 0) is 0 Å². The normalized spacial score (nSPS) is 19.6. The number of aromatic nitrogens is 2. The fraction of sp³-hybridized carbons (Fsp3) is 0.500. The van der Waals surface area contributed by atoms with Crippen molar-refractivity contribution in [1.29, 1.82) is 0 Å². The number of carbonyl (C=O) groups excluding carboxylic acids is 1. The molecule has 2 aromatic heterocycles. The molecule has 0 spiro atoms. The smallest absolute Gasteiger partial charge is 0.293 e. The maximum atomic E-state index is 12.2. The number of nitrogens with one attached hydrogen (secondary N) is 2. The lowest BCUT2D eigenvalue weighted by Gasteiger charge is -2.13. The van der Waals surface area contributed by atoms with E-state index in [9.17, 15) is 4.79 Å². The molecule has 1 fully saturated rings. The molecular weight excluding hydrogens is 288 g/mol. The van der Waals surface area contributed by atoms with Gasteiger partial charge < -0.3 is 15.2 Å². The highest BCUT2D eigenvalue weighted by atomic mass is 32.1. The molecular formula is C14H18N4O2S. The van der Waals surface area contributed by atoms with Crippen LogP contribution in [0.4, 0.5) is 0 Å². The molecule has 2 atom stereocenters. The predicted molar refractivity (Wildman–Crippen MR) is 79.1 cm³/mol. The Bertz CT molecular complexity index is 590. The summed E-state index contributed by atoms with van der Waals surface area (Å²) in [6, 6.07) is 4.07. The molecule has 0 radical (unpaired) electrons. The van der Waals surface area contributed by atoms with Crippen LogP contribution in [-0.4, -0.2) is 22.6 Å². The largest absolute Gasteiger partial charge is 0.342 e. The van der Waals surface area contributed by atoms with Crippen LogP contribution < -0.4 is 10.6 Å². The van der Waals surface area contributed by atoms with Gasteiger partial charge in [-0.05, 0) is 37.3 Å². The first-order chi connectivity index (χ1) is 10.3. The minimum atomic E-state index is -0.289. The Balaban J connectivity index is 1.67. The summed E-state index contributed by atoms with van der Waals surface area (Å²) in [5, 5.41) is 12.0. The van der Waals surface area contributed by atoms with Crippen LogP contribution in [0.25, 0.3) is 0 Å². The van der Waals surface area contributed by atoms with E-state index in [2.05, 4.69) is 20.8 Å². The van der Waals surface area contributed by atoms with Crippen molar-refractivity contribution in [2.45, 2.75) is 38.3 Å². The molecule has 112 valence electrons. The second-order valence-electron chi connectivity index (χ2n) is 5.05. The predicted octanol–water partition coefficient (Wildman–Crippen LogP) is 2.44. The van der Waals surface area contributed by atoms with Gasteiger partial charge in [0.15, 0.2) is 0 Å². The maximum Gasteiger partial charge on any atom is 0.293 e. The Morgan fingerprint density at radius 3 is 3.24 bits per heavy atom. The number of nitrogens with zero attached hydrogens (tertiary/aromatic N) is 2. The third-order valence-corrected chi connectivity index (χ3v) is 4.59. The standard InChI is InChI=1S/C14H18N4O2S/c1-2-9(11-6-4-8-21-11)16-13(19)12-17-14(20-18-12)10-5-3-7-15-10/h4,6,8-10,15H,2-3,5,7H2,1H3,(H,16,19). The van der Waals surface area contributed by atoms with Crippen molar-refractivity contribution in [3.05, 3.63) is 34.1 Å². The Kier molecular flexibility index (Phi) is 4.31. The molecule has 2 aromatic rings. The van der Waals surface area contributed by atoms with Crippen LogP contribution in [0.2, 0.25) is 0 Å². The van der Waals surface area contributed by atoms with Crippen molar-refractivity contribution >= 4 is 17.2 Å². The van der Waals surface area contributed by atoms with Gasteiger partial charge in [-0.1, -0.05) is 18.1 Å². The summed E-state index contributed by atoms with van der Waals surface area (Å²) in [6.07, 6.45) is 2.88. The van der Waals surface area contributed by atoms with Crippen LogP contribution in [0.1, 0.15) is 59.7 Å². The molecule has 1 saturated heterocycles. The quantitative estimate of drug-likeness (QED) is 0.887. The lowest BCUT2D eigenvalue weighted by Crippen LogP contribution is -2.28. The van der Waals surface area contributed by atoms with Gasteiger partial charge in [0.05, 0.1) is 12.1 Å². The van der Waals surface area contributed by atoms with E-state index in [-0.39, 0.29) is 23.8 Å². The lowest BCUT2D eigenvalue weighted by molar-refractivity contribution is 0.0922. The van der Waals surface area contributed by atoms with E-state index in [1.165, 1.54) is 0 Å². The Hall–Kier alpha value is -1.73. The van der Waals surface area contributed by atoms with Gasteiger partial charge in [-0.15, -0.1) is 11.3 Å². The van der Waals surface area contributed by atoms with Crippen molar-refractivity contribution in [3.8, 4) is 0 Å². The Morgan fingerprint density at radius 1 is 1.67 bits per heavy atom. The molecule has 1 aliphatic heterocycles. The van der Waals surface area contributed by atoms with Crippen LogP contribution in [0.5, 0.6) is 0 Å². The van der Waals surface area contributed by atoms with Gasteiger partial charge in [-0.3, -0.25) is 4.79 Å². The zero-order valence-corrected chi connectivity index (χ0v) is 12.7. The molecule has 1 aliphatic rings. The maximum absolute atomic E-state index is 12.2. The molecule has 0 bridgehead atoms. The summed E-state index contributed by atoms with van der Waals surface area (Å²) < 4.78 is 5.19. The van der Waals surface area contributed by atoms with E-state index in [1.807, 2.05) is 24.4 Å². The first-order valence-electron chi connectivity index (χ1n) is 7.19. The first kappa shape index (κ1) is 14.2. The molecule has 2 N–H and O–H groups in total. The first-order valence-corrected chi connectivity index (χ1v) is 8.07. The van der Waals surface area contributed by atoms with Crippen molar-refractivity contribution in [2.24, 2.45) is 0 Å². The monoisotopic (exact) mass is 306 g/mol. The van der Waals surface area contributed by atoms with Crippen LogP contribution in [0.3, 0.4) is 0 Å². The summed E-state index contributed by atoms with van der Waals surface area (Å²) >= 11 is 1.63. The zero-order valence-electron chi connectivity index (χ0n) is 11.8. The molecule has 3 heterocycles. The van der Waals surface area contributed by atoms with Crippen LogP contribution in [0.15, 0.2) is 22.0 Å². The highest BCUT2D eigenvalue weighted by molar-refractivity contribution is 7.10. The summed E-state index contributed by atoms with van der Waals surface area (Å²) in [5.41, 5.74) is 0. The third-order valence-electron chi connectivity index (χ3n) is 3.60. The second kappa shape index (κ2) is 6.36. The molecule has 3 rings (SSSR count). The number of carbonyl (C=O) groups is 1. The molecule has 2 unspecified atom stereocenters. The topological polar surface area (TPSA) is 80.0 Å². The van der Waals surface area contributed by atoms with Crippen LogP contribution in [0, 0.1) is 0 Å². The van der Waals surface area contributed by atoms with Crippen molar-refractivity contribution < 1.29 is 9.32 Å². The molecule has 0 aliphatic carbocycles. The van der Waals surface area contributed by atoms with E-state index < -0.39 is 0 Å². The van der Waals surface area contributed by atoms with Gasteiger partial charge in [0.2, 0.25) is 5.89 Å². The van der Waals surface area contributed by atoms with Gasteiger partial charge in [-0.25, -0.2) is 0 Å². The van der Waals surface area contributed by atoms with Gasteiger partial charge in [-0.2, -0.15) is 4.98 Å². The Labute approximate surface area is 126 Å². The molecule has 1 amide bonds. The molecule has 0 saturated carbocycles. The minimum absolute atomic E-state index is 0.0101. The lowest BCUT2D eigenvalue weighted by atomic mass is 10.2. The van der Waals surface area contributed by atoms with Crippen molar-refractivity contribution in [1.82, 2.24) is 20.8 Å². The number of hydrogen-bond donors (Lipinski definition) is 2. The van der Waals surface area contributed by atoms with Gasteiger partial charge in [0, 0.05) is 4.88 Å². The van der Waals surface area contributed by atoms with Gasteiger partial charge in [0.1, 0.15) is 0 Å². The van der Waals surface area contributed by atoms with E-state index in [0.717, 1.165) is 30.7 Å². The number of amides is 1. The highest BCUT2D eigenvalue weighted by Gasteiger charge is 2.25. The highest BCUT2D eigenvalue weighted by Crippen LogP contribution is 2.23. The zero-order chi connectivity index (χ0) is 14.7. The molecule has 6 nitrogen and oxygen atoms in total. The van der Waals surface area contributed by atoms with E-state index in [4.69, 9.17) is 4.52 Å². The SMILES string of the molecule is CCC(NC(=O)c1noc(C2CCCN2)n1)c1cccs1. The van der Waals surface area contributed by atoms with Crippen molar-refractivity contribution in [2.75, 3.05) is 6.54 Å². The number of hydrogen-bond acceptors (Lipinski definition) is 6. The fourth-order valence-corrected chi connectivity index (χ4v) is 3.31. The van der Waals surface area contributed by atoms with Gasteiger partial charge in [0.25, 0.3) is 11.7 Å². The average molecular weight is 306 g/mol. The third kappa shape index (κ3) is 3.14. The second-order valence-corrected chi connectivity index (χ2v) is 6.03. The fourth-order valence-electron chi connectivity index (χ4n) is 2.45. The summed E-state index contributed by atoms with van der Waals surface area (Å²) in [5.74, 6) is 0.318. The van der Waals surface area contributed by atoms with Crippen molar-refractivity contribution in [3.63, 3.8) is 0 Å². The molecule has 0 aromatic carbocycles. The molecule has 21 heavy (non-hydrogen) atoms. The van der Waals surface area contributed by atoms with E-state index in [1.54, 1.807) is 11.3 Å². The minimum Gasteiger partial charge on any atom is -0.342 e. The number of thiophene rings is 1. The van der Waals surface area contributed by atoms with Gasteiger partial charge >= 0.3 is 0 Å². The summed E-state index contributed by atoms with van der Waals surface area (Å²) in [4.78, 5) is 17.6. The van der Waals surface area contributed by atoms with E-state index >= 15 is 0 Å².